The van der Waals surface area contributed by atoms with Crippen molar-refractivity contribution < 1.29 is 19.5 Å². The highest BCUT2D eigenvalue weighted by Crippen LogP contribution is 2.50. The predicted octanol–water partition coefficient (Wildman–Crippen LogP) is 3.42. The number of allylic oxidation sites excluding steroid dienone is 2. The first-order valence-corrected chi connectivity index (χ1v) is 10.5. The van der Waals surface area contributed by atoms with Crippen molar-refractivity contribution in [3.8, 4) is 5.75 Å². The average molecular weight is 417 g/mol. The van der Waals surface area contributed by atoms with Crippen LogP contribution >= 0.6 is 0 Å². The molecule has 0 radical (unpaired) electrons. The number of carbonyl (C=O) groups is 3. The fraction of sp³-hybridized carbons (Fsp3) is 0.292. The van der Waals surface area contributed by atoms with Gasteiger partial charge in [-0.15, -0.1) is 0 Å². The van der Waals surface area contributed by atoms with Crippen molar-refractivity contribution in [2.45, 2.75) is 19.4 Å². The predicted molar refractivity (Wildman–Crippen MR) is 115 cm³/mol. The quantitative estimate of drug-likeness (QED) is 0.403. The van der Waals surface area contributed by atoms with E-state index in [2.05, 4.69) is 22.8 Å². The molecule has 1 heterocycles. The van der Waals surface area contributed by atoms with Crippen LogP contribution in [0.25, 0.3) is 0 Å². The van der Waals surface area contributed by atoms with Crippen LogP contribution in [0, 0.1) is 23.7 Å². The maximum Gasteiger partial charge on any atom is 0.319 e. The van der Waals surface area contributed by atoms with E-state index in [-0.39, 0.29) is 47.8 Å². The number of anilines is 2. The van der Waals surface area contributed by atoms with Gasteiger partial charge in [-0.25, -0.2) is 4.79 Å². The lowest BCUT2D eigenvalue weighted by molar-refractivity contribution is -0.124. The molecule has 0 aromatic heterocycles. The summed E-state index contributed by atoms with van der Waals surface area (Å²) in [4.78, 5) is 39.5. The number of rotatable bonds is 4. The number of aromatic hydroxyl groups is 1. The van der Waals surface area contributed by atoms with Crippen molar-refractivity contribution >= 4 is 29.2 Å². The van der Waals surface area contributed by atoms with Crippen molar-refractivity contribution in [3.05, 3.63) is 66.2 Å². The maximum absolute atomic E-state index is 13.0. The molecule has 1 saturated heterocycles. The Labute approximate surface area is 179 Å². The number of hydrogen-bond acceptors (Lipinski definition) is 4. The Hall–Kier alpha value is -3.61. The first kappa shape index (κ1) is 19.4. The molecule has 2 aromatic carbocycles. The number of nitrogens with one attached hydrogen (secondary N) is 2. The molecule has 0 spiro atoms. The van der Waals surface area contributed by atoms with E-state index in [1.165, 1.54) is 11.0 Å². The van der Waals surface area contributed by atoms with Crippen LogP contribution in [0.2, 0.25) is 0 Å². The number of carbonyl (C=O) groups excluding carboxylic acids is 3. The number of amides is 4. The molecule has 6 rings (SSSR count). The van der Waals surface area contributed by atoms with E-state index < -0.39 is 6.03 Å². The summed E-state index contributed by atoms with van der Waals surface area (Å²) in [5, 5.41) is 15.0. The molecule has 31 heavy (non-hydrogen) atoms. The van der Waals surface area contributed by atoms with Gasteiger partial charge < -0.3 is 15.7 Å². The van der Waals surface area contributed by atoms with Crippen LogP contribution in [0.4, 0.5) is 16.2 Å². The van der Waals surface area contributed by atoms with E-state index in [9.17, 15) is 19.5 Å². The minimum atomic E-state index is -0.442. The molecule has 4 unspecified atom stereocenters. The molecule has 7 heteroatoms. The molecule has 3 N–H and O–H groups in total. The summed E-state index contributed by atoms with van der Waals surface area (Å²) >= 11 is 0. The molecule has 3 aliphatic carbocycles. The Kier molecular flexibility index (Phi) is 4.73. The number of nitrogens with zero attached hydrogens (tertiary/aromatic N) is 1. The summed E-state index contributed by atoms with van der Waals surface area (Å²) in [6.45, 7) is 0.265. The SMILES string of the molecule is O=C(NCc1ccc(N2C(=O)C3C4C=CC(CC4)C3C2=O)cc1)Nc1ccccc1O. The molecule has 7 nitrogen and oxygen atoms in total. The van der Waals surface area contributed by atoms with E-state index in [0.717, 1.165) is 18.4 Å². The molecule has 4 aliphatic rings. The van der Waals surface area contributed by atoms with Crippen molar-refractivity contribution in [1.29, 1.82) is 0 Å². The summed E-state index contributed by atoms with van der Waals surface area (Å²) in [6.07, 6.45) is 6.17. The van der Waals surface area contributed by atoms with E-state index >= 15 is 0 Å². The van der Waals surface area contributed by atoms with Gasteiger partial charge in [0.15, 0.2) is 0 Å². The van der Waals surface area contributed by atoms with E-state index in [4.69, 9.17) is 0 Å². The van der Waals surface area contributed by atoms with Crippen LogP contribution in [-0.4, -0.2) is 23.0 Å². The molecule has 4 amide bonds. The number of benzene rings is 2. The summed E-state index contributed by atoms with van der Waals surface area (Å²) in [5.74, 6) is -0.313. The molecule has 2 aromatic rings. The molecule has 2 fully saturated rings. The zero-order valence-electron chi connectivity index (χ0n) is 16.8. The van der Waals surface area contributed by atoms with Gasteiger partial charge in [-0.1, -0.05) is 36.4 Å². The smallest absolute Gasteiger partial charge is 0.319 e. The van der Waals surface area contributed by atoms with Gasteiger partial charge in [0, 0.05) is 6.54 Å². The van der Waals surface area contributed by atoms with Gasteiger partial charge in [0.25, 0.3) is 0 Å². The van der Waals surface area contributed by atoms with Gasteiger partial charge in [0.1, 0.15) is 5.75 Å². The minimum absolute atomic E-state index is 0.00819. The van der Waals surface area contributed by atoms with Crippen LogP contribution in [-0.2, 0) is 16.1 Å². The van der Waals surface area contributed by atoms with Crippen LogP contribution in [0.5, 0.6) is 5.75 Å². The molecule has 1 aliphatic heterocycles. The molecule has 158 valence electrons. The van der Waals surface area contributed by atoms with Gasteiger partial charge in [0.2, 0.25) is 11.8 Å². The number of imide groups is 1. The lowest BCUT2D eigenvalue weighted by Gasteiger charge is -2.38. The van der Waals surface area contributed by atoms with Gasteiger partial charge in [-0.05, 0) is 54.5 Å². The Morgan fingerprint density at radius 1 is 0.935 bits per heavy atom. The summed E-state index contributed by atoms with van der Waals surface area (Å²) in [7, 11) is 0. The van der Waals surface area contributed by atoms with Crippen LogP contribution in [0.3, 0.4) is 0 Å². The summed E-state index contributed by atoms with van der Waals surface area (Å²) in [5.41, 5.74) is 1.73. The first-order chi connectivity index (χ1) is 15.0. The minimum Gasteiger partial charge on any atom is -0.506 e. The van der Waals surface area contributed by atoms with Gasteiger partial charge >= 0.3 is 6.03 Å². The maximum atomic E-state index is 13.0. The van der Waals surface area contributed by atoms with Gasteiger partial charge in [0.05, 0.1) is 23.2 Å². The third-order valence-electron chi connectivity index (χ3n) is 6.56. The summed E-state index contributed by atoms with van der Waals surface area (Å²) < 4.78 is 0. The fourth-order valence-corrected chi connectivity index (χ4v) is 5.02. The highest BCUT2D eigenvalue weighted by Gasteiger charge is 2.56. The first-order valence-electron chi connectivity index (χ1n) is 10.5. The fourth-order valence-electron chi connectivity index (χ4n) is 5.02. The zero-order chi connectivity index (χ0) is 21.5. The van der Waals surface area contributed by atoms with Crippen molar-refractivity contribution in [2.24, 2.45) is 23.7 Å². The van der Waals surface area contributed by atoms with Crippen molar-refractivity contribution in [1.82, 2.24) is 5.32 Å². The normalized spacial score (nSPS) is 26.1. The molecule has 2 bridgehead atoms. The largest absolute Gasteiger partial charge is 0.506 e. The second-order valence-electron chi connectivity index (χ2n) is 8.34. The molecule has 4 atom stereocenters. The number of fused-ring (bicyclic) bond motifs is 1. The number of phenolic OH excluding ortho intramolecular Hbond substituents is 1. The van der Waals surface area contributed by atoms with E-state index in [1.54, 1.807) is 42.5 Å². The Morgan fingerprint density at radius 2 is 1.55 bits per heavy atom. The van der Waals surface area contributed by atoms with E-state index in [0.29, 0.717) is 11.4 Å². The summed E-state index contributed by atoms with van der Waals surface area (Å²) in [6, 6.07) is 13.1. The molecular formula is C24H23N3O4. The Morgan fingerprint density at radius 3 is 2.13 bits per heavy atom. The monoisotopic (exact) mass is 417 g/mol. The Balaban J connectivity index is 1.23. The zero-order valence-corrected chi connectivity index (χ0v) is 16.8. The van der Waals surface area contributed by atoms with Crippen LogP contribution in [0.1, 0.15) is 18.4 Å². The highest BCUT2D eigenvalue weighted by molar-refractivity contribution is 6.22. The van der Waals surface area contributed by atoms with Gasteiger partial charge in [-0.2, -0.15) is 0 Å². The number of hydrogen-bond donors (Lipinski definition) is 3. The van der Waals surface area contributed by atoms with Crippen molar-refractivity contribution in [2.75, 3.05) is 10.2 Å². The molecule has 1 saturated carbocycles. The number of phenols is 1. The number of para-hydroxylation sites is 2. The lowest BCUT2D eigenvalue weighted by Crippen LogP contribution is -2.38. The third kappa shape index (κ3) is 3.36. The highest BCUT2D eigenvalue weighted by atomic mass is 16.3. The van der Waals surface area contributed by atoms with Crippen molar-refractivity contribution in [3.63, 3.8) is 0 Å². The topological polar surface area (TPSA) is 98.7 Å². The number of urea groups is 1. The standard InChI is InChI=1S/C24H23N3O4/c28-19-4-2-1-3-18(19)26-24(31)25-13-14-5-11-17(12-6-14)27-22(29)20-15-7-8-16(10-9-15)21(20)23(27)30/h1-8,11-12,15-16,20-21,28H,9-10,13H2,(H2,25,26,31). The average Bonchev–Trinajstić information content (AvgIpc) is 3.08. The molecular weight excluding hydrogens is 394 g/mol. The van der Waals surface area contributed by atoms with Gasteiger partial charge in [-0.3, -0.25) is 14.5 Å². The third-order valence-corrected chi connectivity index (χ3v) is 6.56. The van der Waals surface area contributed by atoms with Crippen LogP contribution in [0.15, 0.2) is 60.7 Å². The Bertz CT molecular complexity index is 1050. The van der Waals surface area contributed by atoms with Crippen LogP contribution < -0.4 is 15.5 Å². The second-order valence-corrected chi connectivity index (χ2v) is 8.34. The van der Waals surface area contributed by atoms with E-state index in [1.807, 2.05) is 0 Å². The second kappa shape index (κ2) is 7.58. The lowest BCUT2D eigenvalue weighted by atomic mass is 9.63.